The number of ether oxygens (including phenoxy) is 1. The predicted octanol–water partition coefficient (Wildman–Crippen LogP) is 2.15. The molecule has 0 aliphatic carbocycles. The molecule has 1 atom stereocenters. The number of amides is 1. The van der Waals surface area contributed by atoms with Crippen LogP contribution in [0.1, 0.15) is 36.2 Å². The van der Waals surface area contributed by atoms with Crippen LogP contribution in [0.3, 0.4) is 0 Å². The fourth-order valence-electron chi connectivity index (χ4n) is 1.74. The van der Waals surface area contributed by atoms with Gasteiger partial charge in [0, 0.05) is 18.0 Å². The van der Waals surface area contributed by atoms with Gasteiger partial charge in [-0.05, 0) is 37.1 Å². The van der Waals surface area contributed by atoms with Crippen molar-refractivity contribution in [3.63, 3.8) is 0 Å². The summed E-state index contributed by atoms with van der Waals surface area (Å²) < 4.78 is 5.40. The molecule has 1 aromatic rings. The Hall–Kier alpha value is -1.51. The van der Waals surface area contributed by atoms with Gasteiger partial charge in [-0.25, -0.2) is 0 Å². The van der Waals surface area contributed by atoms with E-state index in [9.17, 15) is 4.79 Å². The Morgan fingerprint density at radius 3 is 3.12 bits per heavy atom. The minimum absolute atomic E-state index is 0.00375. The molecule has 1 N–H and O–H groups in total. The Bertz CT molecular complexity index is 401. The van der Waals surface area contributed by atoms with Gasteiger partial charge in [0.25, 0.3) is 5.91 Å². The maximum Gasteiger partial charge on any atom is 0.251 e. The minimum atomic E-state index is 0.00375. The molecule has 1 heterocycles. The Morgan fingerprint density at radius 2 is 2.38 bits per heavy atom. The maximum atomic E-state index is 11.9. The molecule has 86 valence electrons. The number of hydrogen-bond acceptors (Lipinski definition) is 2. The van der Waals surface area contributed by atoms with Crippen molar-refractivity contribution in [2.45, 2.75) is 32.7 Å². The van der Waals surface area contributed by atoms with E-state index in [1.54, 1.807) is 0 Å². The lowest BCUT2D eigenvalue weighted by Gasteiger charge is -2.11. The third-order valence-electron chi connectivity index (χ3n) is 2.94. The third kappa shape index (κ3) is 2.18. The van der Waals surface area contributed by atoms with Gasteiger partial charge in [-0.3, -0.25) is 4.79 Å². The van der Waals surface area contributed by atoms with E-state index in [1.807, 2.05) is 25.1 Å². The molecule has 1 unspecified atom stereocenters. The minimum Gasteiger partial charge on any atom is -0.493 e. The summed E-state index contributed by atoms with van der Waals surface area (Å²) in [5.41, 5.74) is 1.86. The van der Waals surface area contributed by atoms with Crippen LogP contribution in [0.4, 0.5) is 0 Å². The fraction of sp³-hybridized carbons (Fsp3) is 0.462. The highest BCUT2D eigenvalue weighted by molar-refractivity contribution is 5.94. The number of hydrogen-bond donors (Lipinski definition) is 1. The molecular formula is C13H17NO2. The highest BCUT2D eigenvalue weighted by Gasteiger charge is 2.15. The summed E-state index contributed by atoms with van der Waals surface area (Å²) in [7, 11) is 0. The van der Waals surface area contributed by atoms with Gasteiger partial charge in [0.15, 0.2) is 0 Å². The second-order valence-electron chi connectivity index (χ2n) is 4.20. The van der Waals surface area contributed by atoms with Gasteiger partial charge in [-0.2, -0.15) is 0 Å². The van der Waals surface area contributed by atoms with Crippen molar-refractivity contribution >= 4 is 5.91 Å². The van der Waals surface area contributed by atoms with Crippen molar-refractivity contribution in [1.82, 2.24) is 5.32 Å². The summed E-state index contributed by atoms with van der Waals surface area (Å²) in [6, 6.07) is 5.85. The van der Waals surface area contributed by atoms with E-state index in [2.05, 4.69) is 12.2 Å². The molecule has 1 aliphatic heterocycles. The topological polar surface area (TPSA) is 38.3 Å². The van der Waals surface area contributed by atoms with E-state index in [4.69, 9.17) is 4.74 Å². The molecule has 1 aliphatic rings. The Morgan fingerprint density at radius 1 is 1.56 bits per heavy atom. The highest BCUT2D eigenvalue weighted by Crippen LogP contribution is 2.25. The molecule has 0 saturated carbocycles. The molecular weight excluding hydrogens is 202 g/mol. The van der Waals surface area contributed by atoms with Crippen LogP contribution in [0, 0.1) is 0 Å². The largest absolute Gasteiger partial charge is 0.493 e. The molecule has 0 bridgehead atoms. The molecule has 0 radical (unpaired) electrons. The number of benzene rings is 1. The molecule has 0 fully saturated rings. The number of fused-ring (bicyclic) bond motifs is 1. The molecule has 3 heteroatoms. The summed E-state index contributed by atoms with van der Waals surface area (Å²) in [6.07, 6.45) is 1.85. The van der Waals surface area contributed by atoms with Crippen molar-refractivity contribution < 1.29 is 9.53 Å². The third-order valence-corrected chi connectivity index (χ3v) is 2.94. The lowest BCUT2D eigenvalue weighted by molar-refractivity contribution is 0.0939. The van der Waals surface area contributed by atoms with Crippen LogP contribution in [0.15, 0.2) is 18.2 Å². The van der Waals surface area contributed by atoms with Crippen molar-refractivity contribution in [3.05, 3.63) is 29.3 Å². The predicted molar refractivity (Wildman–Crippen MR) is 62.9 cm³/mol. The summed E-state index contributed by atoms with van der Waals surface area (Å²) in [5, 5.41) is 2.96. The smallest absolute Gasteiger partial charge is 0.251 e. The summed E-state index contributed by atoms with van der Waals surface area (Å²) in [6.45, 7) is 4.79. The highest BCUT2D eigenvalue weighted by atomic mass is 16.5. The Kier molecular flexibility index (Phi) is 3.13. The number of carbonyl (C=O) groups excluding carboxylic acids is 1. The van der Waals surface area contributed by atoms with Gasteiger partial charge in [-0.15, -0.1) is 0 Å². The Labute approximate surface area is 95.8 Å². The first-order valence-corrected chi connectivity index (χ1v) is 5.77. The van der Waals surface area contributed by atoms with Gasteiger partial charge in [0.05, 0.1) is 6.61 Å². The molecule has 0 saturated heterocycles. The van der Waals surface area contributed by atoms with Gasteiger partial charge in [0.1, 0.15) is 5.75 Å². The monoisotopic (exact) mass is 219 g/mol. The summed E-state index contributed by atoms with van der Waals surface area (Å²) in [5.74, 6) is 0.920. The van der Waals surface area contributed by atoms with Gasteiger partial charge < -0.3 is 10.1 Å². The van der Waals surface area contributed by atoms with E-state index in [1.165, 1.54) is 0 Å². The quantitative estimate of drug-likeness (QED) is 0.846. The normalized spacial score (nSPS) is 15.1. The number of rotatable bonds is 3. The first-order valence-electron chi connectivity index (χ1n) is 5.77. The summed E-state index contributed by atoms with van der Waals surface area (Å²) >= 11 is 0. The fourth-order valence-corrected chi connectivity index (χ4v) is 1.74. The number of nitrogens with one attached hydrogen (secondary N) is 1. The van der Waals surface area contributed by atoms with E-state index >= 15 is 0 Å². The standard InChI is InChI=1S/C13H17NO2/c1-3-9(2)14-13(15)11-4-5-12-10(8-11)6-7-16-12/h4-5,8-9H,3,6-7H2,1-2H3,(H,14,15). The SMILES string of the molecule is CCC(C)NC(=O)c1ccc2c(c1)CCO2. The van der Waals surface area contributed by atoms with E-state index in [0.29, 0.717) is 0 Å². The average Bonchev–Trinajstić information content (AvgIpc) is 2.75. The molecule has 16 heavy (non-hydrogen) atoms. The molecule has 1 aromatic carbocycles. The molecule has 2 rings (SSSR count). The van der Waals surface area contributed by atoms with Crippen LogP contribution >= 0.6 is 0 Å². The van der Waals surface area contributed by atoms with Crippen LogP contribution in [0.5, 0.6) is 5.75 Å². The maximum absolute atomic E-state index is 11.9. The van der Waals surface area contributed by atoms with Crippen molar-refractivity contribution in [2.24, 2.45) is 0 Å². The van der Waals surface area contributed by atoms with Crippen LogP contribution in [0.2, 0.25) is 0 Å². The van der Waals surface area contributed by atoms with Gasteiger partial charge in [-0.1, -0.05) is 6.92 Å². The zero-order valence-corrected chi connectivity index (χ0v) is 9.75. The molecule has 0 spiro atoms. The average molecular weight is 219 g/mol. The molecule has 3 nitrogen and oxygen atoms in total. The first-order chi connectivity index (χ1) is 7.70. The number of carbonyl (C=O) groups is 1. The zero-order valence-electron chi connectivity index (χ0n) is 9.75. The van der Waals surface area contributed by atoms with Crippen LogP contribution in [0.25, 0.3) is 0 Å². The second-order valence-corrected chi connectivity index (χ2v) is 4.20. The second kappa shape index (κ2) is 4.56. The van der Waals surface area contributed by atoms with E-state index < -0.39 is 0 Å². The van der Waals surface area contributed by atoms with Crippen molar-refractivity contribution in [1.29, 1.82) is 0 Å². The van der Waals surface area contributed by atoms with Crippen LogP contribution in [-0.4, -0.2) is 18.6 Å². The molecule has 1 amide bonds. The van der Waals surface area contributed by atoms with Crippen molar-refractivity contribution in [2.75, 3.05) is 6.61 Å². The zero-order chi connectivity index (χ0) is 11.5. The van der Waals surface area contributed by atoms with Gasteiger partial charge in [0.2, 0.25) is 0 Å². The molecule has 0 aromatic heterocycles. The van der Waals surface area contributed by atoms with Crippen molar-refractivity contribution in [3.8, 4) is 5.75 Å². The van der Waals surface area contributed by atoms with Gasteiger partial charge >= 0.3 is 0 Å². The first kappa shape index (κ1) is 11.0. The van der Waals surface area contributed by atoms with Crippen LogP contribution < -0.4 is 10.1 Å². The van der Waals surface area contributed by atoms with E-state index in [-0.39, 0.29) is 11.9 Å². The Balaban J connectivity index is 2.12. The summed E-state index contributed by atoms with van der Waals surface area (Å²) in [4.78, 5) is 11.9. The van der Waals surface area contributed by atoms with E-state index in [0.717, 1.165) is 36.3 Å². The van der Waals surface area contributed by atoms with Crippen LogP contribution in [-0.2, 0) is 6.42 Å². The lowest BCUT2D eigenvalue weighted by atomic mass is 10.1. The lowest BCUT2D eigenvalue weighted by Crippen LogP contribution is -2.31.